The van der Waals surface area contributed by atoms with Gasteiger partial charge in [-0.25, -0.2) is 0 Å². The number of nitrogens with two attached hydrogens (primary N) is 1. The molecule has 0 rings (SSSR count). The Bertz CT molecular complexity index is 179. The predicted molar refractivity (Wildman–Crippen MR) is 61.4 cm³/mol. The van der Waals surface area contributed by atoms with E-state index >= 15 is 0 Å². The standard InChI is InChI=1S/C11H23N3O/c1-3-10(6-8-13)14-11(9-15-2)5-4-7-12/h10-11,14H,3-7,9,12H2,1-2H3. The van der Waals surface area contributed by atoms with Crippen molar-refractivity contribution >= 4 is 0 Å². The summed E-state index contributed by atoms with van der Waals surface area (Å²) in [5.74, 6) is 0. The number of nitrogens with one attached hydrogen (secondary N) is 1. The first-order valence-corrected chi connectivity index (χ1v) is 5.60. The zero-order valence-corrected chi connectivity index (χ0v) is 9.83. The summed E-state index contributed by atoms with van der Waals surface area (Å²) in [6, 6.07) is 2.78. The van der Waals surface area contributed by atoms with E-state index in [1.165, 1.54) is 0 Å². The molecule has 0 fully saturated rings. The number of rotatable bonds is 9. The molecule has 0 aliphatic carbocycles. The van der Waals surface area contributed by atoms with Gasteiger partial charge in [0.05, 0.1) is 19.1 Å². The molecule has 0 aliphatic rings. The van der Waals surface area contributed by atoms with Gasteiger partial charge in [0, 0.05) is 19.2 Å². The van der Waals surface area contributed by atoms with Crippen molar-refractivity contribution in [2.45, 2.75) is 44.7 Å². The zero-order chi connectivity index (χ0) is 11.5. The smallest absolute Gasteiger partial charge is 0.0638 e. The van der Waals surface area contributed by atoms with E-state index in [9.17, 15) is 0 Å². The van der Waals surface area contributed by atoms with Gasteiger partial charge in [-0.05, 0) is 25.8 Å². The van der Waals surface area contributed by atoms with Crippen molar-refractivity contribution in [1.82, 2.24) is 5.32 Å². The summed E-state index contributed by atoms with van der Waals surface area (Å²) < 4.78 is 5.14. The van der Waals surface area contributed by atoms with Gasteiger partial charge < -0.3 is 15.8 Å². The molecule has 2 unspecified atom stereocenters. The first-order chi connectivity index (χ1) is 7.28. The summed E-state index contributed by atoms with van der Waals surface area (Å²) >= 11 is 0. The molecule has 0 amide bonds. The third-order valence-corrected chi connectivity index (χ3v) is 2.43. The molecule has 88 valence electrons. The van der Waals surface area contributed by atoms with Crippen LogP contribution in [0.25, 0.3) is 0 Å². The molecule has 0 saturated heterocycles. The zero-order valence-electron chi connectivity index (χ0n) is 9.83. The van der Waals surface area contributed by atoms with Crippen molar-refractivity contribution in [3.8, 4) is 6.07 Å². The van der Waals surface area contributed by atoms with Crippen molar-refractivity contribution in [3.63, 3.8) is 0 Å². The Morgan fingerprint density at radius 1 is 1.47 bits per heavy atom. The van der Waals surface area contributed by atoms with Crippen LogP contribution in [0.2, 0.25) is 0 Å². The molecule has 3 N–H and O–H groups in total. The third kappa shape index (κ3) is 7.32. The van der Waals surface area contributed by atoms with E-state index in [2.05, 4.69) is 18.3 Å². The summed E-state index contributed by atoms with van der Waals surface area (Å²) in [7, 11) is 1.70. The number of hydrogen-bond donors (Lipinski definition) is 2. The van der Waals surface area contributed by atoms with Gasteiger partial charge in [-0.2, -0.15) is 5.26 Å². The van der Waals surface area contributed by atoms with Crippen LogP contribution < -0.4 is 11.1 Å². The minimum Gasteiger partial charge on any atom is -0.383 e. The lowest BCUT2D eigenvalue weighted by molar-refractivity contribution is 0.155. The quantitative estimate of drug-likeness (QED) is 0.600. The Balaban J connectivity index is 3.94. The monoisotopic (exact) mass is 213 g/mol. The largest absolute Gasteiger partial charge is 0.383 e. The Morgan fingerprint density at radius 3 is 2.67 bits per heavy atom. The van der Waals surface area contributed by atoms with Crippen LogP contribution in [0.4, 0.5) is 0 Å². The summed E-state index contributed by atoms with van der Waals surface area (Å²) in [5, 5.41) is 12.1. The van der Waals surface area contributed by atoms with E-state index in [4.69, 9.17) is 15.7 Å². The fraction of sp³-hybridized carbons (Fsp3) is 0.909. The van der Waals surface area contributed by atoms with Gasteiger partial charge in [-0.15, -0.1) is 0 Å². The maximum atomic E-state index is 8.65. The van der Waals surface area contributed by atoms with Gasteiger partial charge in [0.1, 0.15) is 0 Å². The SMILES string of the molecule is CCC(CC#N)NC(CCCN)COC. The van der Waals surface area contributed by atoms with Crippen molar-refractivity contribution in [3.05, 3.63) is 0 Å². The van der Waals surface area contributed by atoms with Gasteiger partial charge in [0.15, 0.2) is 0 Å². The van der Waals surface area contributed by atoms with Crippen LogP contribution in [0.1, 0.15) is 32.6 Å². The molecule has 0 heterocycles. The molecule has 0 spiro atoms. The van der Waals surface area contributed by atoms with Crippen LogP contribution in [0, 0.1) is 11.3 Å². The number of ether oxygens (including phenoxy) is 1. The van der Waals surface area contributed by atoms with Gasteiger partial charge in [0.25, 0.3) is 0 Å². The fourth-order valence-corrected chi connectivity index (χ4v) is 1.54. The minimum absolute atomic E-state index is 0.271. The van der Waals surface area contributed by atoms with Crippen LogP contribution >= 0.6 is 0 Å². The predicted octanol–water partition coefficient (Wildman–Crippen LogP) is 1.02. The minimum atomic E-state index is 0.271. The highest BCUT2D eigenvalue weighted by molar-refractivity contribution is 4.82. The van der Waals surface area contributed by atoms with Crippen molar-refractivity contribution in [2.75, 3.05) is 20.3 Å². The molecule has 0 bridgehead atoms. The van der Waals surface area contributed by atoms with E-state index in [0.717, 1.165) is 19.3 Å². The first-order valence-electron chi connectivity index (χ1n) is 5.60. The molecule has 2 atom stereocenters. The van der Waals surface area contributed by atoms with E-state index < -0.39 is 0 Å². The molecule has 0 aliphatic heterocycles. The highest BCUT2D eigenvalue weighted by Gasteiger charge is 2.13. The molecular formula is C11H23N3O. The molecule has 0 aromatic heterocycles. The molecule has 4 nitrogen and oxygen atoms in total. The lowest BCUT2D eigenvalue weighted by atomic mass is 10.1. The summed E-state index contributed by atoms with van der Waals surface area (Å²) in [6.07, 6.45) is 3.52. The van der Waals surface area contributed by atoms with E-state index in [0.29, 0.717) is 25.6 Å². The van der Waals surface area contributed by atoms with Crippen molar-refractivity contribution in [2.24, 2.45) is 5.73 Å². The lowest BCUT2D eigenvalue weighted by Gasteiger charge is -2.22. The number of nitrogens with zero attached hydrogens (tertiary/aromatic N) is 1. The second-order valence-corrected chi connectivity index (χ2v) is 3.72. The maximum absolute atomic E-state index is 8.65. The fourth-order valence-electron chi connectivity index (χ4n) is 1.54. The van der Waals surface area contributed by atoms with Gasteiger partial charge in [-0.3, -0.25) is 0 Å². The summed E-state index contributed by atoms with van der Waals surface area (Å²) in [5.41, 5.74) is 5.47. The third-order valence-electron chi connectivity index (χ3n) is 2.43. The second kappa shape index (κ2) is 9.91. The highest BCUT2D eigenvalue weighted by atomic mass is 16.5. The van der Waals surface area contributed by atoms with Gasteiger partial charge >= 0.3 is 0 Å². The topological polar surface area (TPSA) is 71.1 Å². The number of nitriles is 1. The lowest BCUT2D eigenvalue weighted by Crippen LogP contribution is -2.40. The summed E-state index contributed by atoms with van der Waals surface area (Å²) in [6.45, 7) is 3.47. The maximum Gasteiger partial charge on any atom is 0.0638 e. The molecular weight excluding hydrogens is 190 g/mol. The summed E-state index contributed by atoms with van der Waals surface area (Å²) in [4.78, 5) is 0. The van der Waals surface area contributed by atoms with E-state index in [-0.39, 0.29) is 6.04 Å². The normalized spacial score (nSPS) is 14.5. The van der Waals surface area contributed by atoms with Gasteiger partial charge in [0.2, 0.25) is 0 Å². The highest BCUT2D eigenvalue weighted by Crippen LogP contribution is 2.03. The molecule has 0 aromatic rings. The Kier molecular flexibility index (Phi) is 9.49. The van der Waals surface area contributed by atoms with Crippen LogP contribution in [-0.4, -0.2) is 32.3 Å². The second-order valence-electron chi connectivity index (χ2n) is 3.72. The number of hydrogen-bond acceptors (Lipinski definition) is 4. The van der Waals surface area contributed by atoms with Crippen LogP contribution in [0.5, 0.6) is 0 Å². The number of methoxy groups -OCH3 is 1. The van der Waals surface area contributed by atoms with E-state index in [1.807, 2.05) is 0 Å². The van der Waals surface area contributed by atoms with Crippen LogP contribution in [0.3, 0.4) is 0 Å². The molecule has 0 radical (unpaired) electrons. The molecule has 0 aromatic carbocycles. The molecule has 15 heavy (non-hydrogen) atoms. The van der Waals surface area contributed by atoms with Crippen molar-refractivity contribution in [1.29, 1.82) is 5.26 Å². The van der Waals surface area contributed by atoms with E-state index in [1.54, 1.807) is 7.11 Å². The molecule has 4 heteroatoms. The average molecular weight is 213 g/mol. The average Bonchev–Trinajstić information content (AvgIpc) is 2.25. The Morgan fingerprint density at radius 2 is 2.20 bits per heavy atom. The van der Waals surface area contributed by atoms with Crippen molar-refractivity contribution < 1.29 is 4.74 Å². The Hall–Kier alpha value is -0.630. The van der Waals surface area contributed by atoms with Crippen LogP contribution in [0.15, 0.2) is 0 Å². The van der Waals surface area contributed by atoms with Crippen LogP contribution in [-0.2, 0) is 4.74 Å². The Labute approximate surface area is 92.8 Å². The first kappa shape index (κ1) is 14.4. The van der Waals surface area contributed by atoms with Gasteiger partial charge in [-0.1, -0.05) is 6.92 Å². The molecule has 0 saturated carbocycles.